The number of carbonyl (C=O) groups excluding carboxylic acids is 1. The number of nitrogens with zero attached hydrogens (tertiary/aromatic N) is 1. The minimum atomic E-state index is 0.00523. The number of amides is 1. The molecule has 2 rings (SSSR count). The van der Waals surface area contributed by atoms with Gasteiger partial charge in [0.15, 0.2) is 0 Å². The molecule has 1 aromatic carbocycles. The second kappa shape index (κ2) is 5.52. The lowest BCUT2D eigenvalue weighted by Crippen LogP contribution is -2.40. The summed E-state index contributed by atoms with van der Waals surface area (Å²) in [5, 5.41) is 9.72. The summed E-state index contributed by atoms with van der Waals surface area (Å²) < 4.78 is 0. The largest absolute Gasteiger partial charge is 0.396 e. The van der Waals surface area contributed by atoms with E-state index in [1.165, 1.54) is 0 Å². The predicted octanol–water partition coefficient (Wildman–Crippen LogP) is 2.18. The normalized spacial score (nSPS) is 20.4. The van der Waals surface area contributed by atoms with Gasteiger partial charge < -0.3 is 10.0 Å². The molecular weight excluding hydrogens is 238 g/mol. The molecule has 0 saturated carbocycles. The van der Waals surface area contributed by atoms with E-state index in [0.29, 0.717) is 17.1 Å². The van der Waals surface area contributed by atoms with Gasteiger partial charge in [-0.25, -0.2) is 0 Å². The minimum absolute atomic E-state index is 0.00523. The first-order valence-electron chi connectivity index (χ1n) is 5.86. The lowest BCUT2D eigenvalue weighted by Gasteiger charge is -2.31. The number of aliphatic hydroxyl groups is 1. The number of halogens is 1. The molecule has 1 fully saturated rings. The molecule has 4 heteroatoms. The average molecular weight is 254 g/mol. The topological polar surface area (TPSA) is 40.5 Å². The van der Waals surface area contributed by atoms with Gasteiger partial charge in [0.25, 0.3) is 5.91 Å². The summed E-state index contributed by atoms with van der Waals surface area (Å²) >= 11 is 5.87. The molecule has 1 aliphatic heterocycles. The van der Waals surface area contributed by atoms with Crippen molar-refractivity contribution < 1.29 is 9.90 Å². The van der Waals surface area contributed by atoms with E-state index in [0.717, 1.165) is 19.4 Å². The van der Waals surface area contributed by atoms with Crippen molar-refractivity contribution in [3.8, 4) is 0 Å². The van der Waals surface area contributed by atoms with Gasteiger partial charge in [0.1, 0.15) is 0 Å². The Morgan fingerprint density at radius 2 is 2.35 bits per heavy atom. The number of benzene rings is 1. The molecule has 1 unspecified atom stereocenters. The van der Waals surface area contributed by atoms with Crippen molar-refractivity contribution in [2.75, 3.05) is 19.7 Å². The van der Waals surface area contributed by atoms with Gasteiger partial charge in [0, 0.05) is 30.3 Å². The summed E-state index contributed by atoms with van der Waals surface area (Å²) in [7, 11) is 0. The molecule has 1 aliphatic rings. The Morgan fingerprint density at radius 3 is 3.06 bits per heavy atom. The molecule has 1 atom stereocenters. The summed E-state index contributed by atoms with van der Waals surface area (Å²) in [5.41, 5.74) is 0.621. The van der Waals surface area contributed by atoms with Crippen LogP contribution in [0.3, 0.4) is 0 Å². The Balaban J connectivity index is 2.09. The molecule has 0 aromatic heterocycles. The van der Waals surface area contributed by atoms with Crippen LogP contribution in [0.15, 0.2) is 24.3 Å². The second-order valence-corrected chi connectivity index (χ2v) is 4.89. The maximum atomic E-state index is 12.2. The van der Waals surface area contributed by atoms with E-state index >= 15 is 0 Å². The number of piperidine rings is 1. The fourth-order valence-electron chi connectivity index (χ4n) is 2.20. The van der Waals surface area contributed by atoms with Crippen LogP contribution in [0.25, 0.3) is 0 Å². The molecule has 0 bridgehead atoms. The van der Waals surface area contributed by atoms with Gasteiger partial charge in [-0.15, -0.1) is 0 Å². The van der Waals surface area contributed by atoms with Crippen LogP contribution in [-0.4, -0.2) is 35.6 Å². The van der Waals surface area contributed by atoms with Crippen LogP contribution in [0.2, 0.25) is 5.02 Å². The number of hydrogen-bond acceptors (Lipinski definition) is 2. The van der Waals surface area contributed by atoms with Gasteiger partial charge >= 0.3 is 0 Å². The van der Waals surface area contributed by atoms with Crippen molar-refractivity contribution in [2.45, 2.75) is 12.8 Å². The number of aliphatic hydroxyl groups excluding tert-OH is 1. The summed E-state index contributed by atoms with van der Waals surface area (Å²) in [6.07, 6.45) is 1.95. The molecule has 1 heterocycles. The van der Waals surface area contributed by atoms with E-state index in [9.17, 15) is 4.79 Å². The van der Waals surface area contributed by atoms with Gasteiger partial charge in [-0.3, -0.25) is 4.79 Å². The first-order valence-corrected chi connectivity index (χ1v) is 6.24. The standard InChI is InChI=1S/C13H16ClNO2/c14-12-5-1-4-11(7-12)13(17)15-6-2-3-10(8-15)9-16/h1,4-5,7,10,16H,2-3,6,8-9H2. The molecule has 3 nitrogen and oxygen atoms in total. The Morgan fingerprint density at radius 1 is 1.53 bits per heavy atom. The molecule has 1 N–H and O–H groups in total. The monoisotopic (exact) mass is 253 g/mol. The Labute approximate surface area is 106 Å². The molecular formula is C13H16ClNO2. The predicted molar refractivity (Wildman–Crippen MR) is 67.2 cm³/mol. The van der Waals surface area contributed by atoms with Crippen LogP contribution in [0.4, 0.5) is 0 Å². The number of likely N-dealkylation sites (tertiary alicyclic amines) is 1. The zero-order valence-corrected chi connectivity index (χ0v) is 10.4. The van der Waals surface area contributed by atoms with Gasteiger partial charge in [0.05, 0.1) is 0 Å². The highest BCUT2D eigenvalue weighted by Crippen LogP contribution is 2.19. The van der Waals surface area contributed by atoms with Crippen LogP contribution in [0.5, 0.6) is 0 Å². The van der Waals surface area contributed by atoms with E-state index in [1.54, 1.807) is 29.2 Å². The molecule has 1 saturated heterocycles. The Kier molecular flexibility index (Phi) is 4.02. The highest BCUT2D eigenvalue weighted by Gasteiger charge is 2.23. The van der Waals surface area contributed by atoms with Crippen LogP contribution >= 0.6 is 11.6 Å². The van der Waals surface area contributed by atoms with Crippen molar-refractivity contribution >= 4 is 17.5 Å². The molecule has 17 heavy (non-hydrogen) atoms. The molecule has 1 aromatic rings. The van der Waals surface area contributed by atoms with Crippen molar-refractivity contribution in [1.82, 2.24) is 4.90 Å². The van der Waals surface area contributed by atoms with E-state index in [1.807, 2.05) is 0 Å². The fraction of sp³-hybridized carbons (Fsp3) is 0.462. The van der Waals surface area contributed by atoms with E-state index in [2.05, 4.69) is 0 Å². The van der Waals surface area contributed by atoms with Crippen molar-refractivity contribution in [1.29, 1.82) is 0 Å². The third-order valence-corrected chi connectivity index (χ3v) is 3.37. The summed E-state index contributed by atoms with van der Waals surface area (Å²) in [6.45, 7) is 1.56. The van der Waals surface area contributed by atoms with Crippen LogP contribution in [0.1, 0.15) is 23.2 Å². The fourth-order valence-corrected chi connectivity index (χ4v) is 2.39. The van der Waals surface area contributed by atoms with Gasteiger partial charge in [-0.1, -0.05) is 17.7 Å². The van der Waals surface area contributed by atoms with E-state index in [4.69, 9.17) is 16.7 Å². The van der Waals surface area contributed by atoms with Crippen LogP contribution in [0, 0.1) is 5.92 Å². The molecule has 92 valence electrons. The van der Waals surface area contributed by atoms with Gasteiger partial charge in [-0.2, -0.15) is 0 Å². The molecule has 0 radical (unpaired) electrons. The zero-order valence-electron chi connectivity index (χ0n) is 9.60. The number of carbonyl (C=O) groups is 1. The maximum Gasteiger partial charge on any atom is 0.253 e. The highest BCUT2D eigenvalue weighted by molar-refractivity contribution is 6.30. The van der Waals surface area contributed by atoms with Crippen molar-refractivity contribution in [3.63, 3.8) is 0 Å². The van der Waals surface area contributed by atoms with E-state index in [-0.39, 0.29) is 18.4 Å². The van der Waals surface area contributed by atoms with Gasteiger partial charge in [0.2, 0.25) is 0 Å². The maximum absolute atomic E-state index is 12.2. The Hall–Kier alpha value is -1.06. The summed E-state index contributed by atoms with van der Waals surface area (Å²) in [5.74, 6) is 0.220. The SMILES string of the molecule is O=C(c1cccc(Cl)c1)N1CCCC(CO)C1. The molecule has 1 amide bonds. The number of rotatable bonds is 2. The molecule has 0 spiro atoms. The van der Waals surface area contributed by atoms with Crippen molar-refractivity contribution in [3.05, 3.63) is 34.9 Å². The second-order valence-electron chi connectivity index (χ2n) is 4.45. The first-order chi connectivity index (χ1) is 8.20. The smallest absolute Gasteiger partial charge is 0.253 e. The first kappa shape index (κ1) is 12.4. The number of hydrogen-bond donors (Lipinski definition) is 1. The lowest BCUT2D eigenvalue weighted by atomic mass is 9.98. The van der Waals surface area contributed by atoms with Gasteiger partial charge in [-0.05, 0) is 37.0 Å². The third-order valence-electron chi connectivity index (χ3n) is 3.14. The Bertz CT molecular complexity index is 408. The zero-order chi connectivity index (χ0) is 12.3. The van der Waals surface area contributed by atoms with Crippen molar-refractivity contribution in [2.24, 2.45) is 5.92 Å². The van der Waals surface area contributed by atoms with Crippen LogP contribution < -0.4 is 0 Å². The summed E-state index contributed by atoms with van der Waals surface area (Å²) in [6, 6.07) is 7.00. The quantitative estimate of drug-likeness (QED) is 0.878. The highest BCUT2D eigenvalue weighted by atomic mass is 35.5. The average Bonchev–Trinajstić information content (AvgIpc) is 2.38. The van der Waals surface area contributed by atoms with E-state index < -0.39 is 0 Å². The lowest BCUT2D eigenvalue weighted by molar-refractivity contribution is 0.0620. The summed E-state index contributed by atoms with van der Waals surface area (Å²) in [4.78, 5) is 14.0. The van der Waals surface area contributed by atoms with Crippen LogP contribution in [-0.2, 0) is 0 Å². The molecule has 0 aliphatic carbocycles. The third kappa shape index (κ3) is 2.99. The minimum Gasteiger partial charge on any atom is -0.396 e.